The molecule has 0 atom stereocenters. The molecule has 1 aromatic carbocycles. The molecule has 1 heteroatoms. The van der Waals surface area contributed by atoms with Crippen molar-refractivity contribution in [2.24, 2.45) is 4.99 Å². The largest absolute Gasteiger partial charge is 0.296 e. The van der Waals surface area contributed by atoms with E-state index in [1.807, 2.05) is 0 Å². The van der Waals surface area contributed by atoms with Gasteiger partial charge in [0.15, 0.2) is 0 Å². The van der Waals surface area contributed by atoms with Gasteiger partial charge < -0.3 is 0 Å². The van der Waals surface area contributed by atoms with Crippen LogP contribution in [0.4, 0.5) is 0 Å². The molecule has 0 aliphatic rings. The lowest BCUT2D eigenvalue weighted by molar-refractivity contribution is 1.07. The minimum Gasteiger partial charge on any atom is -0.296 e. The summed E-state index contributed by atoms with van der Waals surface area (Å²) in [6.07, 6.45) is 1.10. The Kier molecular flexibility index (Phi) is 2.84. The summed E-state index contributed by atoms with van der Waals surface area (Å²) in [5.41, 5.74) is 2.61. The summed E-state index contributed by atoms with van der Waals surface area (Å²) in [5.74, 6) is 0. The van der Waals surface area contributed by atoms with Crippen LogP contribution in [0.25, 0.3) is 0 Å². The molecule has 58 valence electrons. The fraction of sp³-hybridized carbons (Fsp3) is 0.300. The number of hydrogen-bond donors (Lipinski definition) is 0. The molecule has 0 N–H and O–H groups in total. The van der Waals surface area contributed by atoms with Crippen molar-refractivity contribution in [2.45, 2.75) is 19.9 Å². The summed E-state index contributed by atoms with van der Waals surface area (Å²) in [5, 5.41) is 0. The summed E-state index contributed by atoms with van der Waals surface area (Å²) in [6, 6.07) is 8.49. The van der Waals surface area contributed by atoms with Gasteiger partial charge in [0.1, 0.15) is 0 Å². The molecule has 0 aliphatic carbocycles. The molecular weight excluding hydrogens is 134 g/mol. The predicted octanol–water partition coefficient (Wildman–Crippen LogP) is 2.45. The molecule has 0 saturated heterocycles. The van der Waals surface area contributed by atoms with E-state index in [0.29, 0.717) is 0 Å². The lowest BCUT2D eigenvalue weighted by Gasteiger charge is -1.97. The summed E-state index contributed by atoms with van der Waals surface area (Å²) >= 11 is 0. The molecule has 1 rings (SSSR count). The van der Waals surface area contributed by atoms with E-state index >= 15 is 0 Å². The quantitative estimate of drug-likeness (QED) is 0.582. The summed E-state index contributed by atoms with van der Waals surface area (Å²) in [7, 11) is 0. The van der Waals surface area contributed by atoms with Crippen molar-refractivity contribution in [1.29, 1.82) is 0 Å². The number of aryl methyl sites for hydroxylation is 1. The van der Waals surface area contributed by atoms with Gasteiger partial charge >= 0.3 is 0 Å². The van der Waals surface area contributed by atoms with Gasteiger partial charge in [0.2, 0.25) is 0 Å². The highest BCUT2D eigenvalue weighted by molar-refractivity contribution is 5.27. The fourth-order valence-corrected chi connectivity index (χ4v) is 1.01. The molecule has 0 bridgehead atoms. The normalized spacial score (nSPS) is 9.55. The molecule has 0 amide bonds. The van der Waals surface area contributed by atoms with Gasteiger partial charge in [0.05, 0.1) is 6.54 Å². The van der Waals surface area contributed by atoms with E-state index in [9.17, 15) is 0 Å². The first kappa shape index (κ1) is 7.99. The second-order valence-corrected chi connectivity index (χ2v) is 2.55. The van der Waals surface area contributed by atoms with E-state index in [0.717, 1.165) is 13.0 Å². The third-order valence-corrected chi connectivity index (χ3v) is 1.73. The van der Waals surface area contributed by atoms with E-state index in [4.69, 9.17) is 0 Å². The zero-order chi connectivity index (χ0) is 8.10. The highest BCUT2D eigenvalue weighted by Crippen LogP contribution is 2.05. The van der Waals surface area contributed by atoms with Gasteiger partial charge in [-0.3, -0.25) is 4.99 Å². The molecule has 0 heterocycles. The van der Waals surface area contributed by atoms with Crippen LogP contribution < -0.4 is 0 Å². The highest BCUT2D eigenvalue weighted by atomic mass is 14.7. The first-order valence-corrected chi connectivity index (χ1v) is 3.87. The zero-order valence-electron chi connectivity index (χ0n) is 6.88. The number of rotatable bonds is 3. The van der Waals surface area contributed by atoms with Crippen molar-refractivity contribution in [3.8, 4) is 0 Å². The van der Waals surface area contributed by atoms with Gasteiger partial charge in [-0.15, -0.1) is 0 Å². The number of benzene rings is 1. The van der Waals surface area contributed by atoms with E-state index < -0.39 is 0 Å². The molecule has 0 aromatic heterocycles. The number of hydrogen-bond acceptors (Lipinski definition) is 1. The van der Waals surface area contributed by atoms with Gasteiger partial charge in [-0.2, -0.15) is 0 Å². The van der Waals surface area contributed by atoms with Crippen molar-refractivity contribution in [3.63, 3.8) is 0 Å². The summed E-state index contributed by atoms with van der Waals surface area (Å²) in [4.78, 5) is 3.81. The maximum atomic E-state index is 3.81. The molecular formula is C10H13N. The molecule has 1 nitrogen and oxygen atoms in total. The van der Waals surface area contributed by atoms with Crippen molar-refractivity contribution in [3.05, 3.63) is 35.4 Å². The van der Waals surface area contributed by atoms with Crippen LogP contribution in [0.1, 0.15) is 18.1 Å². The standard InChI is InChI=1S/C10H13N/c1-3-9-4-6-10(7-5-9)8-11-2/h4-7H,2-3,8H2,1H3. The van der Waals surface area contributed by atoms with Gasteiger partial charge in [-0.25, -0.2) is 0 Å². The predicted molar refractivity (Wildman–Crippen MR) is 49.1 cm³/mol. The highest BCUT2D eigenvalue weighted by Gasteiger charge is 1.89. The third kappa shape index (κ3) is 2.19. The molecule has 0 radical (unpaired) electrons. The lowest BCUT2D eigenvalue weighted by Crippen LogP contribution is -1.82. The maximum Gasteiger partial charge on any atom is 0.0632 e. The zero-order valence-corrected chi connectivity index (χ0v) is 6.88. The lowest BCUT2D eigenvalue weighted by atomic mass is 10.1. The SMILES string of the molecule is C=NCc1ccc(CC)cc1. The Hall–Kier alpha value is -1.11. The average Bonchev–Trinajstić information content (AvgIpc) is 2.07. The van der Waals surface area contributed by atoms with Crippen LogP contribution >= 0.6 is 0 Å². The molecule has 0 unspecified atom stereocenters. The Morgan fingerprint density at radius 2 is 1.73 bits per heavy atom. The Balaban J connectivity index is 2.74. The van der Waals surface area contributed by atoms with Crippen LogP contribution in [-0.4, -0.2) is 6.72 Å². The monoisotopic (exact) mass is 147 g/mol. The first-order chi connectivity index (χ1) is 5.36. The molecule has 0 saturated carbocycles. The maximum absolute atomic E-state index is 3.81. The van der Waals surface area contributed by atoms with Crippen LogP contribution in [0, 0.1) is 0 Å². The summed E-state index contributed by atoms with van der Waals surface area (Å²) in [6.45, 7) is 6.33. The average molecular weight is 147 g/mol. The van der Waals surface area contributed by atoms with Gasteiger partial charge in [-0.1, -0.05) is 31.2 Å². The Morgan fingerprint density at radius 1 is 1.18 bits per heavy atom. The second-order valence-electron chi connectivity index (χ2n) is 2.55. The van der Waals surface area contributed by atoms with Crippen molar-refractivity contribution in [2.75, 3.05) is 0 Å². The first-order valence-electron chi connectivity index (χ1n) is 3.87. The van der Waals surface area contributed by atoms with Crippen LogP contribution in [0.15, 0.2) is 29.3 Å². The van der Waals surface area contributed by atoms with Gasteiger partial charge in [0.25, 0.3) is 0 Å². The second kappa shape index (κ2) is 3.91. The summed E-state index contributed by atoms with van der Waals surface area (Å²) < 4.78 is 0. The van der Waals surface area contributed by atoms with E-state index in [2.05, 4.69) is 42.9 Å². The van der Waals surface area contributed by atoms with E-state index in [1.165, 1.54) is 11.1 Å². The molecule has 0 spiro atoms. The minimum atomic E-state index is 0.726. The topological polar surface area (TPSA) is 12.4 Å². The van der Waals surface area contributed by atoms with Crippen molar-refractivity contribution < 1.29 is 0 Å². The van der Waals surface area contributed by atoms with E-state index in [1.54, 1.807) is 0 Å². The number of nitrogens with zero attached hydrogens (tertiary/aromatic N) is 1. The minimum absolute atomic E-state index is 0.726. The van der Waals surface area contributed by atoms with Crippen LogP contribution in [0.5, 0.6) is 0 Å². The molecule has 1 aromatic rings. The van der Waals surface area contributed by atoms with Gasteiger partial charge in [-0.05, 0) is 24.3 Å². The molecule has 11 heavy (non-hydrogen) atoms. The van der Waals surface area contributed by atoms with Crippen LogP contribution in [-0.2, 0) is 13.0 Å². The Morgan fingerprint density at radius 3 is 2.18 bits per heavy atom. The van der Waals surface area contributed by atoms with Crippen LogP contribution in [0.2, 0.25) is 0 Å². The Labute approximate surface area is 67.8 Å². The van der Waals surface area contributed by atoms with Crippen LogP contribution in [0.3, 0.4) is 0 Å². The molecule has 0 fully saturated rings. The van der Waals surface area contributed by atoms with Crippen molar-refractivity contribution in [1.82, 2.24) is 0 Å². The number of aliphatic imine (C=N–C) groups is 1. The van der Waals surface area contributed by atoms with Gasteiger partial charge in [0, 0.05) is 0 Å². The Bertz CT molecular complexity index is 223. The van der Waals surface area contributed by atoms with Crippen molar-refractivity contribution >= 4 is 6.72 Å². The van der Waals surface area contributed by atoms with E-state index in [-0.39, 0.29) is 0 Å². The third-order valence-electron chi connectivity index (χ3n) is 1.73. The smallest absolute Gasteiger partial charge is 0.0632 e. The molecule has 0 aliphatic heterocycles. The fourth-order valence-electron chi connectivity index (χ4n) is 1.01.